The number of piperazine rings is 1. The van der Waals surface area contributed by atoms with E-state index >= 15 is 0 Å². The summed E-state index contributed by atoms with van der Waals surface area (Å²) in [4.78, 5) is 6.87. The molecule has 1 aromatic rings. The van der Waals surface area contributed by atoms with Crippen LogP contribution in [0.2, 0.25) is 0 Å². The minimum absolute atomic E-state index is 0.719. The average molecular weight is 236 g/mol. The first-order chi connectivity index (χ1) is 7.83. The van der Waals surface area contributed by atoms with Gasteiger partial charge in [0.15, 0.2) is 0 Å². The lowest BCUT2D eigenvalue weighted by atomic mass is 10.1. The topological polar surface area (TPSA) is 6.48 Å². The summed E-state index contributed by atoms with van der Waals surface area (Å²) in [7, 11) is 0. The van der Waals surface area contributed by atoms with Crippen molar-refractivity contribution in [3.05, 3.63) is 22.4 Å². The zero-order valence-corrected chi connectivity index (χ0v) is 10.7. The molecule has 2 nitrogen and oxygen atoms in total. The molecule has 3 heteroatoms. The van der Waals surface area contributed by atoms with E-state index in [2.05, 4.69) is 34.2 Å². The van der Waals surface area contributed by atoms with Gasteiger partial charge in [0.05, 0.1) is 0 Å². The number of fused-ring (bicyclic) bond motifs is 1. The van der Waals surface area contributed by atoms with E-state index in [0.717, 1.165) is 18.6 Å². The molecular formula is C13H20N2S. The zero-order valence-electron chi connectivity index (χ0n) is 9.93. The predicted molar refractivity (Wildman–Crippen MR) is 68.8 cm³/mol. The third-order valence-electron chi connectivity index (χ3n) is 4.01. The third kappa shape index (κ3) is 2.04. The van der Waals surface area contributed by atoms with Crippen LogP contribution in [0.4, 0.5) is 0 Å². The van der Waals surface area contributed by atoms with Gasteiger partial charge in [0.1, 0.15) is 0 Å². The van der Waals surface area contributed by atoms with Gasteiger partial charge in [-0.1, -0.05) is 6.07 Å². The molecule has 2 fully saturated rings. The lowest BCUT2D eigenvalue weighted by Crippen LogP contribution is -2.54. The van der Waals surface area contributed by atoms with E-state index in [0.29, 0.717) is 0 Å². The molecule has 2 atom stereocenters. The smallest absolute Gasteiger partial charge is 0.0331 e. The Morgan fingerprint density at radius 3 is 3.19 bits per heavy atom. The monoisotopic (exact) mass is 236 g/mol. The Labute approximate surface area is 102 Å². The maximum Gasteiger partial charge on any atom is 0.0331 e. The van der Waals surface area contributed by atoms with Crippen molar-refractivity contribution in [1.82, 2.24) is 9.80 Å². The summed E-state index contributed by atoms with van der Waals surface area (Å²) in [5, 5.41) is 2.19. The van der Waals surface area contributed by atoms with Crippen LogP contribution in [-0.4, -0.2) is 41.5 Å². The second-order valence-electron chi connectivity index (χ2n) is 5.15. The van der Waals surface area contributed by atoms with Crippen molar-refractivity contribution >= 4 is 11.3 Å². The van der Waals surface area contributed by atoms with E-state index in [1.807, 2.05) is 11.3 Å². The van der Waals surface area contributed by atoms with E-state index in [1.54, 1.807) is 0 Å². The molecule has 1 aromatic heterocycles. The first kappa shape index (κ1) is 10.8. The van der Waals surface area contributed by atoms with E-state index in [4.69, 9.17) is 0 Å². The standard InChI is InChI=1S/C13H20N2S/c1-11-8-14-6-2-4-12(14)9-15(11)10-13-5-3-7-16-13/h3,5,7,11-12H,2,4,6,8-10H2,1H3/t11-,12-/m0/s1. The molecule has 0 bridgehead atoms. The summed E-state index contributed by atoms with van der Waals surface area (Å²) in [6.45, 7) is 7.42. The lowest BCUT2D eigenvalue weighted by Gasteiger charge is -2.42. The quantitative estimate of drug-likeness (QED) is 0.778. The maximum absolute atomic E-state index is 2.69. The van der Waals surface area contributed by atoms with Crippen molar-refractivity contribution in [3.8, 4) is 0 Å². The number of hydrogen-bond donors (Lipinski definition) is 0. The van der Waals surface area contributed by atoms with Gasteiger partial charge in [0, 0.05) is 36.6 Å². The minimum atomic E-state index is 0.719. The highest BCUT2D eigenvalue weighted by molar-refractivity contribution is 7.09. The Hall–Kier alpha value is -0.380. The zero-order chi connectivity index (χ0) is 11.0. The first-order valence-corrected chi connectivity index (χ1v) is 7.21. The van der Waals surface area contributed by atoms with Crippen molar-refractivity contribution in [1.29, 1.82) is 0 Å². The fourth-order valence-electron chi connectivity index (χ4n) is 3.07. The Balaban J connectivity index is 1.66. The summed E-state index contributed by atoms with van der Waals surface area (Å²) < 4.78 is 0. The van der Waals surface area contributed by atoms with Crippen LogP contribution in [0.3, 0.4) is 0 Å². The van der Waals surface area contributed by atoms with Gasteiger partial charge in [-0.05, 0) is 37.8 Å². The molecule has 0 saturated carbocycles. The Morgan fingerprint density at radius 1 is 1.44 bits per heavy atom. The van der Waals surface area contributed by atoms with Crippen molar-refractivity contribution in [2.75, 3.05) is 19.6 Å². The SMILES string of the molecule is C[C@H]1CN2CCC[C@H]2CN1Cc1cccs1. The number of rotatable bonds is 2. The van der Waals surface area contributed by atoms with E-state index in [-0.39, 0.29) is 0 Å². The molecule has 0 spiro atoms. The average Bonchev–Trinajstić information content (AvgIpc) is 2.89. The highest BCUT2D eigenvalue weighted by atomic mass is 32.1. The first-order valence-electron chi connectivity index (χ1n) is 6.33. The summed E-state index contributed by atoms with van der Waals surface area (Å²) in [5.74, 6) is 0. The van der Waals surface area contributed by atoms with Crippen LogP contribution in [-0.2, 0) is 6.54 Å². The molecular weight excluding hydrogens is 216 g/mol. The molecule has 2 saturated heterocycles. The van der Waals surface area contributed by atoms with Gasteiger partial charge in [0.2, 0.25) is 0 Å². The number of thiophene rings is 1. The van der Waals surface area contributed by atoms with Gasteiger partial charge in [-0.25, -0.2) is 0 Å². The second kappa shape index (κ2) is 4.47. The molecule has 3 rings (SSSR count). The largest absolute Gasteiger partial charge is 0.298 e. The van der Waals surface area contributed by atoms with Crippen molar-refractivity contribution < 1.29 is 0 Å². The molecule has 3 heterocycles. The predicted octanol–water partition coefficient (Wildman–Crippen LogP) is 2.42. The maximum atomic E-state index is 2.69. The summed E-state index contributed by atoms with van der Waals surface area (Å²) in [6.07, 6.45) is 2.82. The second-order valence-corrected chi connectivity index (χ2v) is 6.18. The van der Waals surface area contributed by atoms with E-state index in [9.17, 15) is 0 Å². The van der Waals surface area contributed by atoms with Gasteiger partial charge in [-0.3, -0.25) is 9.80 Å². The Kier molecular flexibility index (Phi) is 3.01. The Bertz CT molecular complexity index is 336. The lowest BCUT2D eigenvalue weighted by molar-refractivity contribution is 0.0547. The van der Waals surface area contributed by atoms with Crippen LogP contribution in [0.5, 0.6) is 0 Å². The highest BCUT2D eigenvalue weighted by Gasteiger charge is 2.34. The molecule has 2 aliphatic rings. The van der Waals surface area contributed by atoms with Crippen molar-refractivity contribution in [2.24, 2.45) is 0 Å². The van der Waals surface area contributed by atoms with Gasteiger partial charge in [0.25, 0.3) is 0 Å². The van der Waals surface area contributed by atoms with Gasteiger partial charge >= 0.3 is 0 Å². The molecule has 2 aliphatic heterocycles. The van der Waals surface area contributed by atoms with E-state index in [1.165, 1.54) is 37.4 Å². The number of hydrogen-bond acceptors (Lipinski definition) is 3. The summed E-state index contributed by atoms with van der Waals surface area (Å²) in [6, 6.07) is 5.99. The molecule has 88 valence electrons. The molecule has 0 unspecified atom stereocenters. The molecule has 0 aliphatic carbocycles. The van der Waals surface area contributed by atoms with Gasteiger partial charge in [-0.2, -0.15) is 0 Å². The summed E-state index contributed by atoms with van der Waals surface area (Å²) in [5.41, 5.74) is 0. The number of nitrogens with zero attached hydrogens (tertiary/aromatic N) is 2. The highest BCUT2D eigenvalue weighted by Crippen LogP contribution is 2.26. The van der Waals surface area contributed by atoms with Crippen LogP contribution < -0.4 is 0 Å². The minimum Gasteiger partial charge on any atom is -0.298 e. The van der Waals surface area contributed by atoms with E-state index < -0.39 is 0 Å². The normalized spacial score (nSPS) is 31.8. The van der Waals surface area contributed by atoms with Crippen LogP contribution in [0.25, 0.3) is 0 Å². The molecule has 0 aromatic carbocycles. The summed E-state index contributed by atoms with van der Waals surface area (Å²) >= 11 is 1.89. The molecule has 0 N–H and O–H groups in total. The van der Waals surface area contributed by atoms with Crippen LogP contribution in [0.15, 0.2) is 17.5 Å². The van der Waals surface area contributed by atoms with Crippen molar-refractivity contribution in [2.45, 2.75) is 38.4 Å². The van der Waals surface area contributed by atoms with Gasteiger partial charge in [-0.15, -0.1) is 11.3 Å². The fraction of sp³-hybridized carbons (Fsp3) is 0.692. The van der Waals surface area contributed by atoms with Crippen molar-refractivity contribution in [3.63, 3.8) is 0 Å². The molecule has 0 amide bonds. The Morgan fingerprint density at radius 2 is 2.38 bits per heavy atom. The molecule has 0 radical (unpaired) electrons. The third-order valence-corrected chi connectivity index (χ3v) is 4.87. The van der Waals surface area contributed by atoms with Crippen LogP contribution >= 0.6 is 11.3 Å². The molecule has 16 heavy (non-hydrogen) atoms. The van der Waals surface area contributed by atoms with Gasteiger partial charge < -0.3 is 0 Å². The van der Waals surface area contributed by atoms with Crippen LogP contribution in [0.1, 0.15) is 24.6 Å². The fourth-order valence-corrected chi connectivity index (χ4v) is 3.80. The van der Waals surface area contributed by atoms with Crippen LogP contribution in [0, 0.1) is 0 Å².